The van der Waals surface area contributed by atoms with E-state index in [1.807, 2.05) is 0 Å². The van der Waals surface area contributed by atoms with Crippen molar-refractivity contribution in [2.24, 2.45) is 11.8 Å². The molecule has 0 aromatic heterocycles. The van der Waals surface area contributed by atoms with Crippen LogP contribution in [0.5, 0.6) is 23.0 Å². The van der Waals surface area contributed by atoms with Crippen LogP contribution in [0.4, 0.5) is 0 Å². The number of phenols is 2. The Kier molecular flexibility index (Phi) is 5.65. The van der Waals surface area contributed by atoms with Crippen molar-refractivity contribution < 1.29 is 29.6 Å². The molecular weight excluding hydrogens is 362 g/mol. The van der Waals surface area contributed by atoms with Crippen molar-refractivity contribution in [3.05, 3.63) is 47.5 Å². The highest BCUT2D eigenvalue weighted by Crippen LogP contribution is 2.44. The zero-order chi connectivity index (χ0) is 20.4. The average molecular weight is 387 g/mol. The molecule has 3 rings (SSSR count). The van der Waals surface area contributed by atoms with Gasteiger partial charge in [0.05, 0.1) is 20.3 Å². The summed E-state index contributed by atoms with van der Waals surface area (Å²) in [4.78, 5) is 14.6. The zero-order valence-electron chi connectivity index (χ0n) is 16.1. The highest BCUT2D eigenvalue weighted by Gasteiger charge is 2.46. The molecule has 2 aromatic carbocycles. The van der Waals surface area contributed by atoms with Crippen LogP contribution >= 0.6 is 0 Å². The topological polar surface area (TPSA) is 99.5 Å². The molecule has 1 aliphatic heterocycles. The standard InChI is InChI=1S/C21H25NO6/c1-22-20(13-5-7-17(25)19(10-13)28-3)15(11-23)14(21(22)26)8-12-4-6-16(24)18(9-12)27-2/h4-7,9-10,14-15,20,23-25H,8,11H2,1-3H3/t14-,15+,20-/m1/s1. The van der Waals surface area contributed by atoms with Crippen LogP contribution in [0, 0.1) is 11.8 Å². The molecule has 0 saturated carbocycles. The number of aliphatic hydroxyl groups excluding tert-OH is 1. The number of hydrogen-bond donors (Lipinski definition) is 3. The molecule has 0 radical (unpaired) electrons. The second kappa shape index (κ2) is 7.98. The normalized spacial score (nSPS) is 21.8. The molecule has 1 heterocycles. The van der Waals surface area contributed by atoms with Gasteiger partial charge in [0.25, 0.3) is 0 Å². The first-order valence-corrected chi connectivity index (χ1v) is 9.01. The Morgan fingerprint density at radius 2 is 1.61 bits per heavy atom. The number of aliphatic hydroxyl groups is 1. The molecule has 28 heavy (non-hydrogen) atoms. The summed E-state index contributed by atoms with van der Waals surface area (Å²) >= 11 is 0. The summed E-state index contributed by atoms with van der Waals surface area (Å²) in [6, 6.07) is 9.60. The van der Waals surface area contributed by atoms with Gasteiger partial charge < -0.3 is 29.7 Å². The van der Waals surface area contributed by atoms with Gasteiger partial charge in [-0.3, -0.25) is 4.79 Å². The number of aromatic hydroxyl groups is 2. The molecule has 0 aliphatic carbocycles. The second-order valence-electron chi connectivity index (χ2n) is 6.99. The van der Waals surface area contributed by atoms with Crippen LogP contribution in [0.2, 0.25) is 0 Å². The molecule has 3 N–H and O–H groups in total. The maximum absolute atomic E-state index is 13.0. The number of amides is 1. The summed E-state index contributed by atoms with van der Waals surface area (Å²) in [5.74, 6) is -0.0949. The lowest BCUT2D eigenvalue weighted by Gasteiger charge is -2.25. The van der Waals surface area contributed by atoms with Crippen LogP contribution < -0.4 is 9.47 Å². The lowest BCUT2D eigenvalue weighted by molar-refractivity contribution is -0.131. The molecular formula is C21H25NO6. The van der Waals surface area contributed by atoms with Crippen LogP contribution in [0.1, 0.15) is 17.2 Å². The van der Waals surface area contributed by atoms with Crippen molar-refractivity contribution in [2.75, 3.05) is 27.9 Å². The monoisotopic (exact) mass is 387 g/mol. The van der Waals surface area contributed by atoms with Gasteiger partial charge >= 0.3 is 0 Å². The number of hydrogen-bond acceptors (Lipinski definition) is 6. The Morgan fingerprint density at radius 1 is 1.00 bits per heavy atom. The van der Waals surface area contributed by atoms with Crippen molar-refractivity contribution in [2.45, 2.75) is 12.5 Å². The van der Waals surface area contributed by atoms with Gasteiger partial charge in [0, 0.05) is 25.5 Å². The van der Waals surface area contributed by atoms with Gasteiger partial charge in [-0.25, -0.2) is 0 Å². The Balaban J connectivity index is 1.92. The van der Waals surface area contributed by atoms with Crippen LogP contribution in [0.15, 0.2) is 36.4 Å². The molecule has 0 bridgehead atoms. The summed E-state index contributed by atoms with van der Waals surface area (Å²) in [5, 5.41) is 29.7. The van der Waals surface area contributed by atoms with Gasteiger partial charge in [0.15, 0.2) is 23.0 Å². The van der Waals surface area contributed by atoms with Crippen LogP contribution in [0.3, 0.4) is 0 Å². The molecule has 1 fully saturated rings. The van der Waals surface area contributed by atoms with Gasteiger partial charge in [-0.05, 0) is 41.8 Å². The maximum atomic E-state index is 13.0. The first-order chi connectivity index (χ1) is 13.4. The van der Waals surface area contributed by atoms with E-state index in [0.717, 1.165) is 11.1 Å². The van der Waals surface area contributed by atoms with Crippen molar-refractivity contribution >= 4 is 5.91 Å². The summed E-state index contributed by atoms with van der Waals surface area (Å²) < 4.78 is 10.3. The molecule has 0 unspecified atom stereocenters. The lowest BCUT2D eigenvalue weighted by Crippen LogP contribution is -2.25. The molecule has 1 saturated heterocycles. The van der Waals surface area contributed by atoms with E-state index in [1.165, 1.54) is 26.4 Å². The summed E-state index contributed by atoms with van der Waals surface area (Å²) in [7, 11) is 4.65. The fraction of sp³-hybridized carbons (Fsp3) is 0.381. The van der Waals surface area contributed by atoms with Gasteiger partial charge in [-0.15, -0.1) is 0 Å². The van der Waals surface area contributed by atoms with E-state index in [-0.39, 0.29) is 36.0 Å². The Morgan fingerprint density at radius 3 is 2.21 bits per heavy atom. The summed E-state index contributed by atoms with van der Waals surface area (Å²) in [5.41, 5.74) is 1.62. The van der Waals surface area contributed by atoms with Crippen LogP contribution in [0.25, 0.3) is 0 Å². The predicted octanol–water partition coefficient (Wildman–Crippen LogP) is 2.10. The van der Waals surface area contributed by atoms with E-state index < -0.39 is 5.92 Å². The molecule has 1 aliphatic rings. The number of phenolic OH excluding ortho intramolecular Hbond substituents is 2. The van der Waals surface area contributed by atoms with Crippen molar-refractivity contribution in [1.29, 1.82) is 0 Å². The minimum Gasteiger partial charge on any atom is -0.504 e. The molecule has 1 amide bonds. The van der Waals surface area contributed by atoms with E-state index in [0.29, 0.717) is 17.9 Å². The smallest absolute Gasteiger partial charge is 0.226 e. The molecule has 7 nitrogen and oxygen atoms in total. The minimum absolute atomic E-state index is 0.0199. The number of nitrogens with zero attached hydrogens (tertiary/aromatic N) is 1. The van der Waals surface area contributed by atoms with Crippen molar-refractivity contribution in [1.82, 2.24) is 4.90 Å². The van der Waals surface area contributed by atoms with Gasteiger partial charge in [0.1, 0.15) is 0 Å². The van der Waals surface area contributed by atoms with E-state index in [4.69, 9.17) is 9.47 Å². The van der Waals surface area contributed by atoms with E-state index >= 15 is 0 Å². The number of likely N-dealkylation sites (tertiary alicyclic amines) is 1. The number of carbonyl (C=O) groups excluding carboxylic acids is 1. The summed E-state index contributed by atoms with van der Waals surface area (Å²) in [6.45, 7) is -0.163. The lowest BCUT2D eigenvalue weighted by atomic mass is 9.83. The first-order valence-electron chi connectivity index (χ1n) is 9.01. The van der Waals surface area contributed by atoms with Crippen LogP contribution in [-0.2, 0) is 11.2 Å². The highest BCUT2D eigenvalue weighted by atomic mass is 16.5. The number of ether oxygens (including phenoxy) is 2. The fourth-order valence-electron chi connectivity index (χ4n) is 4.01. The average Bonchev–Trinajstić information content (AvgIpc) is 2.94. The fourth-order valence-corrected chi connectivity index (χ4v) is 4.01. The van der Waals surface area contributed by atoms with Crippen molar-refractivity contribution in [3.63, 3.8) is 0 Å². The third-order valence-electron chi connectivity index (χ3n) is 5.46. The maximum Gasteiger partial charge on any atom is 0.226 e. The van der Waals surface area contributed by atoms with Gasteiger partial charge in [-0.1, -0.05) is 12.1 Å². The van der Waals surface area contributed by atoms with E-state index in [9.17, 15) is 20.1 Å². The summed E-state index contributed by atoms with van der Waals surface area (Å²) in [6.07, 6.45) is 0.413. The Hall–Kier alpha value is -2.93. The molecule has 7 heteroatoms. The number of carbonyl (C=O) groups is 1. The zero-order valence-corrected chi connectivity index (χ0v) is 16.1. The van der Waals surface area contributed by atoms with E-state index in [1.54, 1.807) is 36.2 Å². The Labute approximate surface area is 163 Å². The highest BCUT2D eigenvalue weighted by molar-refractivity contribution is 5.82. The molecule has 0 spiro atoms. The quantitative estimate of drug-likeness (QED) is 0.702. The number of rotatable bonds is 6. The molecule has 3 atom stereocenters. The molecule has 150 valence electrons. The largest absolute Gasteiger partial charge is 0.504 e. The number of methoxy groups -OCH3 is 2. The van der Waals surface area contributed by atoms with Gasteiger partial charge in [0.2, 0.25) is 5.91 Å². The third-order valence-corrected chi connectivity index (χ3v) is 5.46. The number of benzene rings is 2. The first kappa shape index (κ1) is 19.8. The predicted molar refractivity (Wildman–Crippen MR) is 103 cm³/mol. The molecule has 2 aromatic rings. The van der Waals surface area contributed by atoms with Crippen LogP contribution in [-0.4, -0.2) is 54.0 Å². The van der Waals surface area contributed by atoms with Gasteiger partial charge in [-0.2, -0.15) is 0 Å². The minimum atomic E-state index is -0.422. The second-order valence-corrected chi connectivity index (χ2v) is 6.99. The SMILES string of the molecule is COc1cc(C[C@H]2C(=O)N(C)[C@H](c3ccc(O)c(OC)c3)[C@H]2CO)ccc1O. The Bertz CT molecular complexity index is 868. The van der Waals surface area contributed by atoms with E-state index in [2.05, 4.69) is 0 Å². The third kappa shape index (κ3) is 3.45. The van der Waals surface area contributed by atoms with Crippen molar-refractivity contribution in [3.8, 4) is 23.0 Å².